The van der Waals surface area contributed by atoms with Crippen LogP contribution in [0, 0.1) is 6.92 Å². The number of amides is 1. The van der Waals surface area contributed by atoms with Crippen molar-refractivity contribution in [3.63, 3.8) is 0 Å². The number of benzene rings is 2. The Hall–Kier alpha value is -2.95. The molecule has 2 rings (SSSR count). The lowest BCUT2D eigenvalue weighted by molar-refractivity contribution is -0.116. The number of carbonyl (C=O) groups is 1. The summed E-state index contributed by atoms with van der Waals surface area (Å²) in [7, 11) is 3.23. The Morgan fingerprint density at radius 3 is 2.44 bits per heavy atom. The number of nitrogens with one attached hydrogen (secondary N) is 1. The molecule has 0 spiro atoms. The largest absolute Gasteiger partial charge is 0.497 e. The molecule has 0 heterocycles. The summed E-state index contributed by atoms with van der Waals surface area (Å²) in [5, 5.41) is 2.78. The Morgan fingerprint density at radius 1 is 1.04 bits per heavy atom. The van der Waals surface area contributed by atoms with Gasteiger partial charge in [-0.1, -0.05) is 11.6 Å². The van der Waals surface area contributed by atoms with Gasteiger partial charge in [-0.2, -0.15) is 0 Å². The van der Waals surface area contributed by atoms with Gasteiger partial charge in [0, 0.05) is 11.6 Å². The van der Waals surface area contributed by atoms with Gasteiger partial charge >= 0.3 is 0 Å². The van der Waals surface area contributed by atoms with E-state index >= 15 is 0 Å². The third-order valence-corrected chi connectivity index (χ3v) is 3.53. The first-order valence-electron chi connectivity index (χ1n) is 8.00. The molecule has 0 atom stereocenters. The van der Waals surface area contributed by atoms with Crippen molar-refractivity contribution in [2.45, 2.75) is 6.92 Å². The molecular formula is C20H23NO4. The molecule has 0 aliphatic rings. The second-order valence-electron chi connectivity index (χ2n) is 5.39. The summed E-state index contributed by atoms with van der Waals surface area (Å²) in [5.41, 5.74) is 1.97. The van der Waals surface area contributed by atoms with E-state index in [4.69, 9.17) is 14.2 Å². The summed E-state index contributed by atoms with van der Waals surface area (Å²) in [6.07, 6.45) is 3.23. The van der Waals surface area contributed by atoms with Gasteiger partial charge in [-0.05, 0) is 49.4 Å². The molecule has 0 aliphatic heterocycles. The lowest BCUT2D eigenvalue weighted by atomic mass is 10.1. The molecule has 0 fully saturated rings. The van der Waals surface area contributed by atoms with E-state index < -0.39 is 0 Å². The molecule has 25 heavy (non-hydrogen) atoms. The smallest absolute Gasteiger partial charge is 0.244 e. The highest BCUT2D eigenvalue weighted by Gasteiger charge is 2.01. The van der Waals surface area contributed by atoms with Crippen LogP contribution in [0.1, 0.15) is 11.1 Å². The van der Waals surface area contributed by atoms with E-state index in [1.165, 1.54) is 6.08 Å². The number of aryl methyl sites for hydroxylation is 1. The molecule has 132 valence electrons. The van der Waals surface area contributed by atoms with Crippen molar-refractivity contribution in [3.05, 3.63) is 59.7 Å². The molecule has 1 N–H and O–H groups in total. The number of rotatable bonds is 8. The Balaban J connectivity index is 1.77. The summed E-state index contributed by atoms with van der Waals surface area (Å²) in [6.45, 7) is 2.80. The van der Waals surface area contributed by atoms with E-state index in [0.29, 0.717) is 13.2 Å². The van der Waals surface area contributed by atoms with Gasteiger partial charge in [-0.15, -0.1) is 0 Å². The van der Waals surface area contributed by atoms with Crippen LogP contribution in [0.15, 0.2) is 48.5 Å². The van der Waals surface area contributed by atoms with Crippen molar-refractivity contribution in [3.8, 4) is 17.2 Å². The number of methoxy groups -OCH3 is 2. The minimum Gasteiger partial charge on any atom is -0.497 e. The molecule has 2 aromatic rings. The Labute approximate surface area is 148 Å². The summed E-state index contributed by atoms with van der Waals surface area (Å²) in [4.78, 5) is 11.9. The second-order valence-corrected chi connectivity index (χ2v) is 5.39. The lowest BCUT2D eigenvalue weighted by Crippen LogP contribution is -2.26. The fraction of sp³-hybridized carbons (Fsp3) is 0.250. The first-order valence-corrected chi connectivity index (χ1v) is 8.00. The van der Waals surface area contributed by atoms with Crippen LogP contribution in [0.25, 0.3) is 6.08 Å². The standard InChI is InChI=1S/C20H23NO4/c1-15-4-10-19(24-3)16(14-15)5-11-20(22)21-12-13-25-18-8-6-17(23-2)7-9-18/h4-11,14H,12-13H2,1-3H3,(H,21,22)/b11-5+. The van der Waals surface area contributed by atoms with Gasteiger partial charge in [-0.3, -0.25) is 4.79 Å². The van der Waals surface area contributed by atoms with Gasteiger partial charge in [-0.25, -0.2) is 0 Å². The van der Waals surface area contributed by atoms with Crippen molar-refractivity contribution in [1.82, 2.24) is 5.32 Å². The molecule has 5 heteroatoms. The fourth-order valence-corrected chi connectivity index (χ4v) is 2.22. The van der Waals surface area contributed by atoms with Crippen LogP contribution in [-0.2, 0) is 4.79 Å². The van der Waals surface area contributed by atoms with Crippen LogP contribution in [0.4, 0.5) is 0 Å². The second kappa shape index (κ2) is 9.37. The number of hydrogen-bond acceptors (Lipinski definition) is 4. The van der Waals surface area contributed by atoms with Crippen molar-refractivity contribution in [2.24, 2.45) is 0 Å². The topological polar surface area (TPSA) is 56.8 Å². The molecule has 0 unspecified atom stereocenters. The van der Waals surface area contributed by atoms with Gasteiger partial charge < -0.3 is 19.5 Å². The highest BCUT2D eigenvalue weighted by atomic mass is 16.5. The quantitative estimate of drug-likeness (QED) is 0.592. The van der Waals surface area contributed by atoms with E-state index in [1.807, 2.05) is 49.4 Å². The van der Waals surface area contributed by atoms with Gasteiger partial charge in [0.05, 0.1) is 20.8 Å². The summed E-state index contributed by atoms with van der Waals surface area (Å²) < 4.78 is 15.9. The van der Waals surface area contributed by atoms with E-state index in [9.17, 15) is 4.79 Å². The summed E-state index contributed by atoms with van der Waals surface area (Å²) in [6, 6.07) is 13.1. The average molecular weight is 341 g/mol. The molecule has 0 saturated heterocycles. The first kappa shape index (κ1) is 18.4. The van der Waals surface area contributed by atoms with Crippen molar-refractivity contribution in [1.29, 1.82) is 0 Å². The van der Waals surface area contributed by atoms with Crippen LogP contribution < -0.4 is 19.5 Å². The number of ether oxygens (including phenoxy) is 3. The fourth-order valence-electron chi connectivity index (χ4n) is 2.22. The third kappa shape index (κ3) is 5.88. The maximum atomic E-state index is 11.9. The molecule has 2 aromatic carbocycles. The Morgan fingerprint density at radius 2 is 1.76 bits per heavy atom. The predicted octanol–water partition coefficient (Wildman–Crippen LogP) is 3.22. The Kier molecular flexibility index (Phi) is 6.89. The van der Waals surface area contributed by atoms with E-state index in [-0.39, 0.29) is 5.91 Å². The minimum absolute atomic E-state index is 0.179. The van der Waals surface area contributed by atoms with Gasteiger partial charge in [0.15, 0.2) is 0 Å². The molecule has 0 bridgehead atoms. The van der Waals surface area contributed by atoms with Crippen molar-refractivity contribution >= 4 is 12.0 Å². The SMILES string of the molecule is COc1ccc(OCCNC(=O)/C=C/c2cc(C)ccc2OC)cc1. The maximum absolute atomic E-state index is 11.9. The van der Waals surface area contributed by atoms with Crippen LogP contribution in [0.5, 0.6) is 17.2 Å². The highest BCUT2D eigenvalue weighted by molar-refractivity contribution is 5.92. The van der Waals surface area contributed by atoms with Crippen molar-refractivity contribution in [2.75, 3.05) is 27.4 Å². The zero-order valence-electron chi connectivity index (χ0n) is 14.7. The Bertz CT molecular complexity index is 723. The lowest BCUT2D eigenvalue weighted by Gasteiger charge is -2.08. The van der Waals surface area contributed by atoms with Gasteiger partial charge in [0.1, 0.15) is 23.9 Å². The molecule has 5 nitrogen and oxygen atoms in total. The molecule has 0 saturated carbocycles. The van der Waals surface area contributed by atoms with Crippen LogP contribution in [0.3, 0.4) is 0 Å². The van der Waals surface area contributed by atoms with Gasteiger partial charge in [0.2, 0.25) is 5.91 Å². The normalized spacial score (nSPS) is 10.5. The van der Waals surface area contributed by atoms with Crippen LogP contribution >= 0.6 is 0 Å². The van der Waals surface area contributed by atoms with E-state index in [2.05, 4.69) is 5.32 Å². The molecule has 1 amide bonds. The third-order valence-electron chi connectivity index (χ3n) is 3.53. The van der Waals surface area contributed by atoms with Crippen LogP contribution in [-0.4, -0.2) is 33.3 Å². The molecule has 0 radical (unpaired) electrons. The average Bonchev–Trinajstić information content (AvgIpc) is 2.64. The number of hydrogen-bond donors (Lipinski definition) is 1. The van der Waals surface area contributed by atoms with E-state index in [1.54, 1.807) is 20.3 Å². The van der Waals surface area contributed by atoms with E-state index in [0.717, 1.165) is 28.4 Å². The highest BCUT2D eigenvalue weighted by Crippen LogP contribution is 2.21. The monoisotopic (exact) mass is 341 g/mol. The zero-order valence-corrected chi connectivity index (χ0v) is 14.7. The summed E-state index contributed by atoms with van der Waals surface area (Å²) >= 11 is 0. The molecular weight excluding hydrogens is 318 g/mol. The molecule has 0 aromatic heterocycles. The summed E-state index contributed by atoms with van der Waals surface area (Å²) in [5.74, 6) is 2.06. The molecule has 0 aliphatic carbocycles. The zero-order chi connectivity index (χ0) is 18.1. The van der Waals surface area contributed by atoms with Crippen LogP contribution in [0.2, 0.25) is 0 Å². The number of carbonyl (C=O) groups excluding carboxylic acids is 1. The maximum Gasteiger partial charge on any atom is 0.244 e. The minimum atomic E-state index is -0.179. The van der Waals surface area contributed by atoms with Gasteiger partial charge in [0.25, 0.3) is 0 Å². The van der Waals surface area contributed by atoms with Crippen molar-refractivity contribution < 1.29 is 19.0 Å². The predicted molar refractivity (Wildman–Crippen MR) is 98.3 cm³/mol. The first-order chi connectivity index (χ1) is 12.1.